The number of likely N-dealkylation sites (tertiary alicyclic amines) is 1. The Kier molecular flexibility index (Phi) is 11.9. The van der Waals surface area contributed by atoms with Crippen molar-refractivity contribution < 1.29 is 50.9 Å². The standard InChI is InChI=1S/C20H31N5O.2C2HF3O2/c26-19(20(7-3-1-4-8-20)25-11-5-2-6-12-25)24-15-13-23(14-16-24)18-17-21-9-10-22-18;2*3-2(4,5)1(6)7/h9-10,17H,1-8,11-16H2;2*(H,6,7). The molecule has 1 saturated carbocycles. The predicted molar refractivity (Wildman–Crippen MR) is 129 cm³/mol. The van der Waals surface area contributed by atoms with Crippen molar-refractivity contribution in [2.45, 2.75) is 69.3 Å². The van der Waals surface area contributed by atoms with Gasteiger partial charge in [0.15, 0.2) is 0 Å². The normalized spacial score (nSPS) is 19.9. The van der Waals surface area contributed by atoms with E-state index in [4.69, 9.17) is 19.8 Å². The zero-order valence-electron chi connectivity index (χ0n) is 21.8. The van der Waals surface area contributed by atoms with E-state index in [0.29, 0.717) is 5.91 Å². The molecule has 4 rings (SSSR count). The highest BCUT2D eigenvalue weighted by atomic mass is 19.4. The number of rotatable bonds is 3. The number of nitrogens with zero attached hydrogens (tertiary/aromatic N) is 5. The van der Waals surface area contributed by atoms with E-state index in [0.717, 1.165) is 57.9 Å². The molecule has 0 bridgehead atoms. The lowest BCUT2D eigenvalue weighted by Gasteiger charge is -2.49. The monoisotopic (exact) mass is 585 g/mol. The molecule has 0 atom stereocenters. The lowest BCUT2D eigenvalue weighted by Crippen LogP contribution is -2.64. The van der Waals surface area contributed by atoms with E-state index in [2.05, 4.69) is 24.7 Å². The van der Waals surface area contributed by atoms with Crippen molar-refractivity contribution in [1.29, 1.82) is 0 Å². The molecule has 3 fully saturated rings. The number of amides is 1. The highest BCUT2D eigenvalue weighted by Crippen LogP contribution is 2.37. The lowest BCUT2D eigenvalue weighted by molar-refractivity contribution is -0.193. The van der Waals surface area contributed by atoms with Crippen LogP contribution >= 0.6 is 0 Å². The van der Waals surface area contributed by atoms with Crippen LogP contribution in [-0.4, -0.2) is 105 Å². The second kappa shape index (κ2) is 14.5. The van der Waals surface area contributed by atoms with Gasteiger partial charge in [0.1, 0.15) is 11.4 Å². The van der Waals surface area contributed by atoms with Gasteiger partial charge in [-0.3, -0.25) is 14.7 Å². The lowest BCUT2D eigenvalue weighted by atomic mass is 9.78. The van der Waals surface area contributed by atoms with Crippen molar-refractivity contribution in [1.82, 2.24) is 19.8 Å². The Bertz CT molecular complexity index is 935. The Morgan fingerprint density at radius 3 is 1.62 bits per heavy atom. The number of piperazine rings is 1. The first kappa shape index (κ1) is 33.0. The molecule has 3 heterocycles. The van der Waals surface area contributed by atoms with E-state index in [1.54, 1.807) is 12.4 Å². The van der Waals surface area contributed by atoms with Crippen molar-refractivity contribution >= 4 is 23.7 Å². The van der Waals surface area contributed by atoms with Gasteiger partial charge in [-0.1, -0.05) is 25.7 Å². The van der Waals surface area contributed by atoms with Gasteiger partial charge in [0.25, 0.3) is 0 Å². The summed E-state index contributed by atoms with van der Waals surface area (Å²) < 4.78 is 63.5. The Morgan fingerprint density at radius 1 is 0.725 bits per heavy atom. The molecule has 3 aliphatic rings. The highest BCUT2D eigenvalue weighted by Gasteiger charge is 2.47. The average molecular weight is 586 g/mol. The van der Waals surface area contributed by atoms with Crippen LogP contribution < -0.4 is 4.90 Å². The zero-order valence-corrected chi connectivity index (χ0v) is 21.8. The number of anilines is 1. The Morgan fingerprint density at radius 2 is 1.20 bits per heavy atom. The minimum Gasteiger partial charge on any atom is -0.475 e. The smallest absolute Gasteiger partial charge is 0.475 e. The number of carboxylic acids is 2. The molecule has 1 aromatic heterocycles. The molecule has 16 heteroatoms. The fourth-order valence-electron chi connectivity index (χ4n) is 5.01. The number of carbonyl (C=O) groups excluding carboxylic acids is 1. The highest BCUT2D eigenvalue weighted by molar-refractivity contribution is 5.87. The van der Waals surface area contributed by atoms with Crippen LogP contribution in [0.5, 0.6) is 0 Å². The summed E-state index contributed by atoms with van der Waals surface area (Å²) in [4.78, 5) is 46.9. The van der Waals surface area contributed by atoms with Gasteiger partial charge in [0.2, 0.25) is 5.91 Å². The van der Waals surface area contributed by atoms with Crippen LogP contribution in [0.3, 0.4) is 0 Å². The number of aliphatic carboxylic acids is 2. The van der Waals surface area contributed by atoms with Crippen molar-refractivity contribution in [2.75, 3.05) is 44.2 Å². The second-order valence-corrected chi connectivity index (χ2v) is 9.59. The quantitative estimate of drug-likeness (QED) is 0.512. The predicted octanol–water partition coefficient (Wildman–Crippen LogP) is 3.58. The van der Waals surface area contributed by atoms with Gasteiger partial charge in [0.05, 0.1) is 6.20 Å². The SMILES string of the molecule is O=C(N1CCN(c2cnccn2)CC1)C1(N2CCCCC2)CCCCC1.O=C(O)C(F)(F)F.O=C(O)C(F)(F)F. The third kappa shape index (κ3) is 9.48. The molecular weight excluding hydrogens is 552 g/mol. The fourth-order valence-corrected chi connectivity index (χ4v) is 5.01. The molecule has 2 N–H and O–H groups in total. The first-order valence-corrected chi connectivity index (χ1v) is 12.8. The van der Waals surface area contributed by atoms with Crippen LogP contribution in [0.25, 0.3) is 0 Å². The molecule has 226 valence electrons. The summed E-state index contributed by atoms with van der Waals surface area (Å²) in [6.45, 7) is 5.49. The van der Waals surface area contributed by atoms with Gasteiger partial charge in [-0.2, -0.15) is 26.3 Å². The number of alkyl halides is 6. The van der Waals surface area contributed by atoms with E-state index < -0.39 is 24.3 Å². The maximum atomic E-state index is 13.7. The van der Waals surface area contributed by atoms with E-state index in [1.807, 2.05) is 6.20 Å². The summed E-state index contributed by atoms with van der Waals surface area (Å²) in [5, 5.41) is 14.2. The first-order chi connectivity index (χ1) is 18.7. The molecule has 1 aliphatic carbocycles. The molecule has 0 spiro atoms. The van der Waals surface area contributed by atoms with Crippen molar-refractivity contribution in [2.24, 2.45) is 0 Å². The number of aromatic nitrogens is 2. The second-order valence-electron chi connectivity index (χ2n) is 9.59. The number of carbonyl (C=O) groups is 3. The molecule has 1 amide bonds. The third-order valence-corrected chi connectivity index (χ3v) is 6.97. The van der Waals surface area contributed by atoms with Crippen LogP contribution in [0.2, 0.25) is 0 Å². The third-order valence-electron chi connectivity index (χ3n) is 6.97. The van der Waals surface area contributed by atoms with Gasteiger partial charge in [-0.05, 0) is 38.8 Å². The Hall–Kier alpha value is -3.17. The number of hydrogen-bond donors (Lipinski definition) is 2. The average Bonchev–Trinajstić information content (AvgIpc) is 2.94. The van der Waals surface area contributed by atoms with Gasteiger partial charge < -0.3 is 20.0 Å². The van der Waals surface area contributed by atoms with E-state index in [1.165, 1.54) is 38.5 Å². The van der Waals surface area contributed by atoms with Crippen LogP contribution in [0.4, 0.5) is 32.2 Å². The molecule has 0 unspecified atom stereocenters. The zero-order chi connectivity index (χ0) is 30.0. The Labute approximate surface area is 227 Å². The molecule has 2 saturated heterocycles. The molecule has 40 heavy (non-hydrogen) atoms. The minimum atomic E-state index is -5.08. The van der Waals surface area contributed by atoms with Crippen LogP contribution in [0.15, 0.2) is 18.6 Å². The number of halogens is 6. The molecule has 1 aromatic rings. The number of piperidine rings is 1. The van der Waals surface area contributed by atoms with Gasteiger partial charge >= 0.3 is 24.3 Å². The Balaban J connectivity index is 0.000000333. The van der Waals surface area contributed by atoms with Gasteiger partial charge in [0, 0.05) is 38.6 Å². The van der Waals surface area contributed by atoms with Crippen LogP contribution in [0, 0.1) is 0 Å². The molecular formula is C24H33F6N5O5. The summed E-state index contributed by atoms with van der Waals surface area (Å²) in [5.41, 5.74) is -0.215. The minimum absolute atomic E-state index is 0.215. The summed E-state index contributed by atoms with van der Waals surface area (Å²) >= 11 is 0. The maximum absolute atomic E-state index is 13.7. The van der Waals surface area contributed by atoms with Crippen molar-refractivity contribution in [3.8, 4) is 0 Å². The van der Waals surface area contributed by atoms with E-state index >= 15 is 0 Å². The molecule has 2 aliphatic heterocycles. The first-order valence-electron chi connectivity index (χ1n) is 12.8. The maximum Gasteiger partial charge on any atom is 0.490 e. The summed E-state index contributed by atoms with van der Waals surface area (Å²) in [5.74, 6) is -4.19. The molecule has 0 aromatic carbocycles. The summed E-state index contributed by atoms with van der Waals surface area (Å²) in [7, 11) is 0. The summed E-state index contributed by atoms with van der Waals surface area (Å²) in [6, 6.07) is 0. The van der Waals surface area contributed by atoms with E-state index in [-0.39, 0.29) is 5.54 Å². The molecule has 10 nitrogen and oxygen atoms in total. The number of carboxylic acid groups (broad SMARTS) is 2. The van der Waals surface area contributed by atoms with Crippen LogP contribution in [0.1, 0.15) is 51.4 Å². The summed E-state index contributed by atoms with van der Waals surface area (Å²) in [6.07, 6.45) is 4.67. The fraction of sp³-hybridized carbons (Fsp3) is 0.708. The van der Waals surface area contributed by atoms with Gasteiger partial charge in [-0.15, -0.1) is 0 Å². The molecule has 0 radical (unpaired) electrons. The van der Waals surface area contributed by atoms with Crippen molar-refractivity contribution in [3.63, 3.8) is 0 Å². The number of hydrogen-bond acceptors (Lipinski definition) is 7. The van der Waals surface area contributed by atoms with E-state index in [9.17, 15) is 31.1 Å². The topological polar surface area (TPSA) is 127 Å². The van der Waals surface area contributed by atoms with Crippen LogP contribution in [-0.2, 0) is 14.4 Å². The largest absolute Gasteiger partial charge is 0.490 e. The van der Waals surface area contributed by atoms with Crippen molar-refractivity contribution in [3.05, 3.63) is 18.6 Å². The van der Waals surface area contributed by atoms with Gasteiger partial charge in [-0.25, -0.2) is 14.6 Å².